The first-order chi connectivity index (χ1) is 11.1. The number of rotatable bonds is 6. The van der Waals surface area contributed by atoms with Crippen molar-refractivity contribution in [1.82, 2.24) is 19.6 Å². The van der Waals surface area contributed by atoms with Gasteiger partial charge in [-0.1, -0.05) is 20.8 Å². The number of aryl methyl sites for hydroxylation is 1. The van der Waals surface area contributed by atoms with Crippen molar-refractivity contribution >= 4 is 17.8 Å². The number of aromatic nitrogens is 2. The number of carbonyl (C=O) groups excluding carboxylic acids is 2. The van der Waals surface area contributed by atoms with Crippen LogP contribution in [0.5, 0.6) is 0 Å². The summed E-state index contributed by atoms with van der Waals surface area (Å²) in [7, 11) is 6.63. The van der Waals surface area contributed by atoms with E-state index < -0.39 is 0 Å². The molecule has 24 heavy (non-hydrogen) atoms. The van der Waals surface area contributed by atoms with Crippen LogP contribution in [0.15, 0.2) is 6.07 Å². The zero-order chi connectivity index (χ0) is 18.5. The van der Waals surface area contributed by atoms with E-state index in [2.05, 4.69) is 31.2 Å². The minimum absolute atomic E-state index is 0.0452. The van der Waals surface area contributed by atoms with E-state index in [1.165, 1.54) is 9.80 Å². The van der Waals surface area contributed by atoms with Crippen molar-refractivity contribution in [2.24, 2.45) is 7.05 Å². The molecule has 0 unspecified atom stereocenters. The molecule has 0 aliphatic rings. The Morgan fingerprint density at radius 2 is 1.96 bits per heavy atom. The van der Waals surface area contributed by atoms with Crippen molar-refractivity contribution < 1.29 is 14.3 Å². The Kier molecular flexibility index (Phi) is 6.77. The maximum absolute atomic E-state index is 12.3. The molecule has 0 fully saturated rings. The van der Waals surface area contributed by atoms with E-state index in [1.807, 2.05) is 6.07 Å². The summed E-state index contributed by atoms with van der Waals surface area (Å²) in [6, 6.07) is 1.62. The van der Waals surface area contributed by atoms with Crippen molar-refractivity contribution in [3.63, 3.8) is 0 Å². The third kappa shape index (κ3) is 5.52. The Labute approximate surface area is 143 Å². The van der Waals surface area contributed by atoms with E-state index in [-0.39, 0.29) is 23.9 Å². The van der Waals surface area contributed by atoms with E-state index in [1.54, 1.807) is 32.9 Å². The van der Waals surface area contributed by atoms with Gasteiger partial charge in [0, 0.05) is 46.3 Å². The highest BCUT2D eigenvalue weighted by Gasteiger charge is 2.22. The zero-order valence-corrected chi connectivity index (χ0v) is 15.7. The Morgan fingerprint density at radius 3 is 2.42 bits per heavy atom. The lowest BCUT2D eigenvalue weighted by Gasteiger charge is -2.25. The minimum Gasteiger partial charge on any atom is -0.383 e. The minimum atomic E-state index is -0.273. The summed E-state index contributed by atoms with van der Waals surface area (Å²) >= 11 is 0. The smallest absolute Gasteiger partial charge is 0.320 e. The topological polar surface area (TPSA) is 79.7 Å². The maximum Gasteiger partial charge on any atom is 0.320 e. The number of urea groups is 1. The van der Waals surface area contributed by atoms with Gasteiger partial charge >= 0.3 is 6.03 Å². The van der Waals surface area contributed by atoms with E-state index in [9.17, 15) is 9.59 Å². The van der Waals surface area contributed by atoms with E-state index in [0.717, 1.165) is 5.69 Å². The Bertz CT molecular complexity index is 575. The molecule has 136 valence electrons. The molecule has 8 nitrogen and oxygen atoms in total. The van der Waals surface area contributed by atoms with Crippen molar-refractivity contribution in [2.45, 2.75) is 26.2 Å². The quantitative estimate of drug-likeness (QED) is 0.847. The molecule has 8 heteroatoms. The highest BCUT2D eigenvalue weighted by atomic mass is 16.5. The molecule has 0 bridgehead atoms. The summed E-state index contributed by atoms with van der Waals surface area (Å²) in [4.78, 5) is 27.3. The summed E-state index contributed by atoms with van der Waals surface area (Å²) in [6.07, 6.45) is 0. The van der Waals surface area contributed by atoms with Gasteiger partial charge in [0.05, 0.1) is 12.3 Å². The highest BCUT2D eigenvalue weighted by Crippen LogP contribution is 2.23. The summed E-state index contributed by atoms with van der Waals surface area (Å²) in [6.45, 7) is 6.85. The van der Waals surface area contributed by atoms with Crippen LogP contribution in [0.1, 0.15) is 26.5 Å². The largest absolute Gasteiger partial charge is 0.383 e. The molecule has 0 aliphatic heterocycles. The first-order valence-corrected chi connectivity index (χ1v) is 7.85. The maximum atomic E-state index is 12.3. The number of nitrogens with one attached hydrogen (secondary N) is 1. The predicted octanol–water partition coefficient (Wildman–Crippen LogP) is 1.29. The van der Waals surface area contributed by atoms with Gasteiger partial charge in [0.25, 0.3) is 0 Å². The van der Waals surface area contributed by atoms with Gasteiger partial charge in [0.15, 0.2) is 0 Å². The normalized spacial score (nSPS) is 11.3. The number of methoxy groups -OCH3 is 1. The van der Waals surface area contributed by atoms with Gasteiger partial charge < -0.3 is 19.9 Å². The van der Waals surface area contributed by atoms with E-state index >= 15 is 0 Å². The molecule has 1 aromatic heterocycles. The third-order valence-electron chi connectivity index (χ3n) is 3.47. The van der Waals surface area contributed by atoms with Gasteiger partial charge in [-0.3, -0.25) is 9.48 Å². The molecule has 0 aliphatic carbocycles. The van der Waals surface area contributed by atoms with Gasteiger partial charge in [0.2, 0.25) is 5.91 Å². The standard InChI is InChI=1S/C16H29N5O3/c1-16(2,3)12-10-13(20(6)18-12)17-14(22)11-21(8-9-24-7)15(23)19(4)5/h10H,8-9,11H2,1-7H3,(H,17,22). The SMILES string of the molecule is COCCN(CC(=O)Nc1cc(C(C)(C)C)nn1C)C(=O)N(C)C. The first-order valence-electron chi connectivity index (χ1n) is 7.85. The number of hydrogen-bond acceptors (Lipinski definition) is 4. The third-order valence-corrected chi connectivity index (χ3v) is 3.47. The molecule has 0 aromatic carbocycles. The van der Waals surface area contributed by atoms with E-state index in [4.69, 9.17) is 4.74 Å². The number of hydrogen-bond donors (Lipinski definition) is 1. The zero-order valence-electron chi connectivity index (χ0n) is 15.7. The molecular formula is C16H29N5O3. The van der Waals surface area contributed by atoms with Crippen LogP contribution in [0.4, 0.5) is 10.6 Å². The lowest BCUT2D eigenvalue weighted by atomic mass is 9.92. The average Bonchev–Trinajstić information content (AvgIpc) is 2.83. The van der Waals surface area contributed by atoms with Gasteiger partial charge in [-0.05, 0) is 0 Å². The number of anilines is 1. The Hall–Kier alpha value is -2.09. The van der Waals surface area contributed by atoms with Crippen LogP contribution in [-0.4, -0.2) is 72.4 Å². The van der Waals surface area contributed by atoms with Gasteiger partial charge in [0.1, 0.15) is 12.4 Å². The van der Waals surface area contributed by atoms with Crippen LogP contribution < -0.4 is 5.32 Å². The second-order valence-electron chi connectivity index (χ2n) is 6.93. The fraction of sp³-hybridized carbons (Fsp3) is 0.688. The van der Waals surface area contributed by atoms with Crippen LogP contribution >= 0.6 is 0 Å². The summed E-state index contributed by atoms with van der Waals surface area (Å²) in [5, 5.41) is 7.23. The lowest BCUT2D eigenvalue weighted by molar-refractivity contribution is -0.117. The molecule has 3 amide bonds. The number of amides is 3. The van der Waals surface area contributed by atoms with E-state index in [0.29, 0.717) is 19.0 Å². The lowest BCUT2D eigenvalue weighted by Crippen LogP contribution is -2.45. The number of nitrogens with zero attached hydrogens (tertiary/aromatic N) is 4. The van der Waals surface area contributed by atoms with Crippen LogP contribution in [0, 0.1) is 0 Å². The summed E-state index contributed by atoms with van der Waals surface area (Å²) < 4.78 is 6.63. The van der Waals surface area contributed by atoms with Gasteiger partial charge in [-0.25, -0.2) is 4.79 Å². The number of ether oxygens (including phenoxy) is 1. The fourth-order valence-corrected chi connectivity index (χ4v) is 2.03. The summed E-state index contributed by atoms with van der Waals surface area (Å²) in [5.74, 6) is 0.332. The fourth-order valence-electron chi connectivity index (χ4n) is 2.03. The van der Waals surface area contributed by atoms with Crippen molar-refractivity contribution in [3.8, 4) is 0 Å². The summed E-state index contributed by atoms with van der Waals surface area (Å²) in [5.41, 5.74) is 0.785. The second kappa shape index (κ2) is 8.14. The molecule has 0 spiro atoms. The molecule has 0 radical (unpaired) electrons. The van der Waals surface area contributed by atoms with Crippen molar-refractivity contribution in [1.29, 1.82) is 0 Å². The molecule has 0 atom stereocenters. The molecular weight excluding hydrogens is 310 g/mol. The van der Waals surface area contributed by atoms with Gasteiger partial charge in [-0.2, -0.15) is 5.10 Å². The molecule has 1 heterocycles. The monoisotopic (exact) mass is 339 g/mol. The van der Waals surface area contributed by atoms with Crippen LogP contribution in [0.3, 0.4) is 0 Å². The first kappa shape index (κ1) is 20.0. The van der Waals surface area contributed by atoms with Crippen LogP contribution in [-0.2, 0) is 22.0 Å². The Balaban J connectivity index is 2.79. The molecule has 1 aromatic rings. The predicted molar refractivity (Wildman–Crippen MR) is 93.1 cm³/mol. The van der Waals surface area contributed by atoms with Crippen LogP contribution in [0.25, 0.3) is 0 Å². The molecule has 1 rings (SSSR count). The van der Waals surface area contributed by atoms with Gasteiger partial charge in [-0.15, -0.1) is 0 Å². The molecule has 0 saturated carbocycles. The molecule has 1 N–H and O–H groups in total. The Morgan fingerprint density at radius 1 is 1.33 bits per heavy atom. The highest BCUT2D eigenvalue weighted by molar-refractivity contribution is 5.93. The van der Waals surface area contributed by atoms with Crippen molar-refractivity contribution in [3.05, 3.63) is 11.8 Å². The average molecular weight is 339 g/mol. The molecule has 0 saturated heterocycles. The van der Waals surface area contributed by atoms with Crippen LogP contribution in [0.2, 0.25) is 0 Å². The number of carbonyl (C=O) groups is 2. The van der Waals surface area contributed by atoms with Crippen molar-refractivity contribution in [2.75, 3.05) is 46.2 Å². The second-order valence-corrected chi connectivity index (χ2v) is 6.93.